The van der Waals surface area contributed by atoms with Gasteiger partial charge in [-0.2, -0.15) is 0 Å². The number of nitrogens with one attached hydrogen (secondary N) is 2. The van der Waals surface area contributed by atoms with E-state index in [1.165, 1.54) is 4.90 Å². The molecule has 0 aliphatic carbocycles. The fraction of sp³-hybridized carbons (Fsp3) is 0.160. The number of hydrogen-bond acceptors (Lipinski definition) is 6. The van der Waals surface area contributed by atoms with E-state index in [0.29, 0.717) is 29.0 Å². The molecule has 2 aromatic carbocycles. The van der Waals surface area contributed by atoms with Crippen LogP contribution in [-0.2, 0) is 18.4 Å². The SMILES string of the molecule is Cn1c(CNc2ccc(C(=N)N)cc2)nc2cc(C(=O)N(CCC=O)c3ccccn3)ccc21. The molecule has 0 saturated heterocycles. The zero-order valence-corrected chi connectivity index (χ0v) is 18.7. The van der Waals surface area contributed by atoms with E-state index in [0.717, 1.165) is 23.3 Å². The van der Waals surface area contributed by atoms with Gasteiger partial charge in [0.05, 0.1) is 17.6 Å². The Morgan fingerprint density at radius 1 is 1.15 bits per heavy atom. The Hall–Kier alpha value is -4.53. The van der Waals surface area contributed by atoms with Crippen LogP contribution >= 0.6 is 0 Å². The van der Waals surface area contributed by atoms with Crippen molar-refractivity contribution in [3.8, 4) is 0 Å². The summed E-state index contributed by atoms with van der Waals surface area (Å²) >= 11 is 0. The van der Waals surface area contributed by atoms with Crippen molar-refractivity contribution in [2.45, 2.75) is 13.0 Å². The van der Waals surface area contributed by atoms with Gasteiger partial charge < -0.3 is 20.4 Å². The fourth-order valence-corrected chi connectivity index (χ4v) is 3.66. The number of hydrogen-bond donors (Lipinski definition) is 3. The number of benzene rings is 2. The Balaban J connectivity index is 1.56. The number of aryl methyl sites for hydroxylation is 1. The zero-order valence-electron chi connectivity index (χ0n) is 18.7. The topological polar surface area (TPSA) is 130 Å². The maximum absolute atomic E-state index is 13.3. The number of carbonyl (C=O) groups is 2. The van der Waals surface area contributed by atoms with Gasteiger partial charge in [-0.3, -0.25) is 15.1 Å². The lowest BCUT2D eigenvalue weighted by atomic mass is 10.1. The summed E-state index contributed by atoms with van der Waals surface area (Å²) in [6.07, 6.45) is 2.63. The second kappa shape index (κ2) is 9.95. The molecular formula is C25H25N7O2. The average Bonchev–Trinajstić information content (AvgIpc) is 3.18. The second-order valence-corrected chi connectivity index (χ2v) is 7.74. The van der Waals surface area contributed by atoms with Crippen LogP contribution in [0.15, 0.2) is 66.9 Å². The third-order valence-electron chi connectivity index (χ3n) is 5.51. The molecule has 4 rings (SSSR count). The van der Waals surface area contributed by atoms with Crippen molar-refractivity contribution in [2.75, 3.05) is 16.8 Å². The molecule has 172 valence electrons. The average molecular weight is 456 g/mol. The van der Waals surface area contributed by atoms with Crippen LogP contribution in [0.5, 0.6) is 0 Å². The van der Waals surface area contributed by atoms with E-state index < -0.39 is 0 Å². The van der Waals surface area contributed by atoms with Crippen LogP contribution in [0.25, 0.3) is 11.0 Å². The molecule has 0 aliphatic heterocycles. The predicted octanol–water partition coefficient (Wildman–Crippen LogP) is 3.10. The van der Waals surface area contributed by atoms with Gasteiger partial charge in [-0.1, -0.05) is 6.07 Å². The van der Waals surface area contributed by atoms with Gasteiger partial charge in [0, 0.05) is 43.0 Å². The van der Waals surface area contributed by atoms with Crippen molar-refractivity contribution < 1.29 is 9.59 Å². The Morgan fingerprint density at radius 3 is 2.59 bits per heavy atom. The minimum absolute atomic E-state index is 0.0278. The van der Waals surface area contributed by atoms with E-state index in [4.69, 9.17) is 16.1 Å². The van der Waals surface area contributed by atoms with Crippen LogP contribution in [0, 0.1) is 5.41 Å². The van der Waals surface area contributed by atoms with Gasteiger partial charge in [0.25, 0.3) is 5.91 Å². The van der Waals surface area contributed by atoms with Gasteiger partial charge >= 0.3 is 0 Å². The number of anilines is 2. The van der Waals surface area contributed by atoms with Gasteiger partial charge in [-0.25, -0.2) is 9.97 Å². The minimum Gasteiger partial charge on any atom is -0.384 e. The molecule has 0 fully saturated rings. The maximum Gasteiger partial charge on any atom is 0.259 e. The van der Waals surface area contributed by atoms with Crippen molar-refractivity contribution in [3.63, 3.8) is 0 Å². The first-order valence-electron chi connectivity index (χ1n) is 10.8. The van der Waals surface area contributed by atoms with Crippen LogP contribution in [-0.4, -0.2) is 39.1 Å². The smallest absolute Gasteiger partial charge is 0.259 e. The van der Waals surface area contributed by atoms with E-state index >= 15 is 0 Å². The van der Waals surface area contributed by atoms with Crippen LogP contribution in [0.2, 0.25) is 0 Å². The Bertz CT molecular complexity index is 1330. The Kier molecular flexibility index (Phi) is 6.63. The van der Waals surface area contributed by atoms with Crippen molar-refractivity contribution in [1.82, 2.24) is 14.5 Å². The molecule has 0 bridgehead atoms. The molecule has 9 heteroatoms. The first kappa shape index (κ1) is 22.7. The number of aldehydes is 1. The highest BCUT2D eigenvalue weighted by atomic mass is 16.2. The van der Waals surface area contributed by atoms with Crippen LogP contribution in [0.4, 0.5) is 11.5 Å². The third-order valence-corrected chi connectivity index (χ3v) is 5.51. The van der Waals surface area contributed by atoms with E-state index in [9.17, 15) is 9.59 Å². The predicted molar refractivity (Wildman–Crippen MR) is 132 cm³/mol. The molecule has 0 radical (unpaired) electrons. The lowest BCUT2D eigenvalue weighted by Gasteiger charge is -2.20. The lowest BCUT2D eigenvalue weighted by molar-refractivity contribution is -0.107. The number of imidazole rings is 1. The molecule has 1 amide bonds. The summed E-state index contributed by atoms with van der Waals surface area (Å²) in [5.41, 5.74) is 9.13. The fourth-order valence-electron chi connectivity index (χ4n) is 3.66. The molecule has 0 spiro atoms. The van der Waals surface area contributed by atoms with E-state index in [-0.39, 0.29) is 24.7 Å². The summed E-state index contributed by atoms with van der Waals surface area (Å²) in [6, 6.07) is 18.0. The number of fused-ring (bicyclic) bond motifs is 1. The molecule has 0 saturated carbocycles. The highest BCUT2D eigenvalue weighted by molar-refractivity contribution is 6.07. The third kappa shape index (κ3) is 4.78. The van der Waals surface area contributed by atoms with Gasteiger partial charge in [0.15, 0.2) is 0 Å². The van der Waals surface area contributed by atoms with E-state index in [1.54, 1.807) is 48.7 Å². The number of aromatic nitrogens is 3. The number of pyridine rings is 1. The number of nitrogens with two attached hydrogens (primary N) is 1. The lowest BCUT2D eigenvalue weighted by Crippen LogP contribution is -2.32. The van der Waals surface area contributed by atoms with Crippen molar-refractivity contribution in [1.29, 1.82) is 5.41 Å². The molecule has 2 heterocycles. The zero-order chi connectivity index (χ0) is 24.1. The van der Waals surface area contributed by atoms with Crippen LogP contribution in [0.3, 0.4) is 0 Å². The maximum atomic E-state index is 13.3. The summed E-state index contributed by atoms with van der Waals surface area (Å²) in [6.45, 7) is 0.727. The van der Waals surface area contributed by atoms with Crippen molar-refractivity contribution in [2.24, 2.45) is 12.8 Å². The highest BCUT2D eigenvalue weighted by Gasteiger charge is 2.20. The Labute approximate surface area is 196 Å². The summed E-state index contributed by atoms with van der Waals surface area (Å²) in [4.78, 5) is 34.7. The number of carbonyl (C=O) groups excluding carboxylic acids is 2. The standard InChI is InChI=1S/C25H25N7O2/c1-31-21-11-8-18(25(34)32(13-4-14-33)22-5-2-3-12-28-22)15-20(21)30-23(31)16-29-19-9-6-17(7-10-19)24(26)27/h2-3,5-12,14-15,29H,4,13,16H2,1H3,(H3,26,27). The molecule has 2 aromatic heterocycles. The number of rotatable bonds is 9. The highest BCUT2D eigenvalue weighted by Crippen LogP contribution is 2.21. The summed E-state index contributed by atoms with van der Waals surface area (Å²) in [7, 11) is 1.93. The summed E-state index contributed by atoms with van der Waals surface area (Å²) in [5.74, 6) is 1.09. The molecule has 0 aliphatic rings. The van der Waals surface area contributed by atoms with Gasteiger partial charge in [-0.05, 0) is 54.6 Å². The summed E-state index contributed by atoms with van der Waals surface area (Å²) in [5, 5.41) is 10.8. The summed E-state index contributed by atoms with van der Waals surface area (Å²) < 4.78 is 1.98. The molecule has 0 unspecified atom stereocenters. The van der Waals surface area contributed by atoms with Crippen molar-refractivity contribution in [3.05, 3.63) is 83.8 Å². The van der Waals surface area contributed by atoms with Crippen LogP contribution < -0.4 is 16.0 Å². The first-order valence-corrected chi connectivity index (χ1v) is 10.8. The number of amides is 1. The number of nitrogens with zero attached hydrogens (tertiary/aromatic N) is 4. The molecule has 0 atom stereocenters. The molecular weight excluding hydrogens is 430 g/mol. The normalized spacial score (nSPS) is 10.7. The largest absolute Gasteiger partial charge is 0.384 e. The monoisotopic (exact) mass is 455 g/mol. The number of nitrogen functional groups attached to an aromatic ring is 1. The van der Waals surface area contributed by atoms with Gasteiger partial charge in [0.1, 0.15) is 23.8 Å². The van der Waals surface area contributed by atoms with Gasteiger partial charge in [0.2, 0.25) is 0 Å². The molecule has 4 aromatic rings. The van der Waals surface area contributed by atoms with Crippen molar-refractivity contribution >= 4 is 40.6 Å². The minimum atomic E-state index is -0.238. The molecule has 9 nitrogen and oxygen atoms in total. The molecule has 4 N–H and O–H groups in total. The quantitative estimate of drug-likeness (QED) is 0.202. The van der Waals surface area contributed by atoms with E-state index in [1.807, 2.05) is 29.8 Å². The Morgan fingerprint density at radius 2 is 1.91 bits per heavy atom. The van der Waals surface area contributed by atoms with E-state index in [2.05, 4.69) is 10.3 Å². The molecule has 34 heavy (non-hydrogen) atoms. The second-order valence-electron chi connectivity index (χ2n) is 7.74. The number of amidine groups is 1. The first-order chi connectivity index (χ1) is 16.5. The van der Waals surface area contributed by atoms with Gasteiger partial charge in [-0.15, -0.1) is 0 Å². The van der Waals surface area contributed by atoms with Crippen LogP contribution in [0.1, 0.15) is 28.2 Å².